The van der Waals surface area contributed by atoms with E-state index in [1.54, 1.807) is 6.92 Å². The summed E-state index contributed by atoms with van der Waals surface area (Å²) >= 11 is 0. The average molecular weight is 282 g/mol. The third kappa shape index (κ3) is 1.91. The van der Waals surface area contributed by atoms with Crippen LogP contribution < -0.4 is 5.69 Å². The molecule has 1 unspecified atom stereocenters. The summed E-state index contributed by atoms with van der Waals surface area (Å²) in [5.41, 5.74) is 0.774. The molecule has 108 valence electrons. The van der Waals surface area contributed by atoms with Gasteiger partial charge in [-0.25, -0.2) is 9.78 Å². The van der Waals surface area contributed by atoms with Crippen molar-refractivity contribution in [3.63, 3.8) is 0 Å². The summed E-state index contributed by atoms with van der Waals surface area (Å²) < 4.78 is 5.36. The van der Waals surface area contributed by atoms with Gasteiger partial charge >= 0.3 is 5.69 Å². The maximum absolute atomic E-state index is 11.3. The molecule has 0 aromatic carbocycles. The van der Waals surface area contributed by atoms with Gasteiger partial charge in [0.1, 0.15) is 35.8 Å². The van der Waals surface area contributed by atoms with Crippen molar-refractivity contribution in [1.82, 2.24) is 19.9 Å². The first-order valence-electron chi connectivity index (χ1n) is 6.10. The van der Waals surface area contributed by atoms with Gasteiger partial charge in [0.25, 0.3) is 0 Å². The molecule has 1 aliphatic heterocycles. The maximum atomic E-state index is 11.3. The molecule has 3 heterocycles. The number of aromatic nitrogens is 4. The summed E-state index contributed by atoms with van der Waals surface area (Å²) in [6, 6.07) is 0. The van der Waals surface area contributed by atoms with Crippen LogP contribution in [0.5, 0.6) is 0 Å². The molecule has 9 nitrogen and oxygen atoms in total. The number of hydrogen-bond donors (Lipinski definition) is 5. The molecule has 0 aliphatic carbocycles. The summed E-state index contributed by atoms with van der Waals surface area (Å²) in [5.74, 6) is 0.247. The van der Waals surface area contributed by atoms with Gasteiger partial charge in [-0.2, -0.15) is 4.98 Å². The number of nitrogens with zero attached hydrogens (tertiary/aromatic N) is 2. The Kier molecular flexibility index (Phi) is 3.05. The topological polar surface area (TPSA) is 144 Å². The number of aromatic amines is 2. The SMILES string of the molecule is Cc1[nH]c(=O)nc2nc(C3O[C@H](CO)[C@@H](O)[C@H]3O)[nH]c12. The predicted octanol–water partition coefficient (Wildman–Crippen LogP) is -1.89. The number of ether oxygens (including phenoxy) is 1. The maximum Gasteiger partial charge on any atom is 0.347 e. The first-order chi connectivity index (χ1) is 9.51. The number of fused-ring (bicyclic) bond motifs is 1. The van der Waals surface area contributed by atoms with Crippen molar-refractivity contribution >= 4 is 11.2 Å². The molecule has 0 radical (unpaired) electrons. The quantitative estimate of drug-likeness (QED) is 0.433. The number of imidazole rings is 1. The van der Waals surface area contributed by atoms with E-state index >= 15 is 0 Å². The lowest BCUT2D eigenvalue weighted by Gasteiger charge is -2.11. The second kappa shape index (κ2) is 4.63. The van der Waals surface area contributed by atoms with E-state index in [1.165, 1.54) is 0 Å². The second-order valence-electron chi connectivity index (χ2n) is 4.75. The third-order valence-electron chi connectivity index (χ3n) is 3.39. The van der Waals surface area contributed by atoms with Crippen molar-refractivity contribution in [1.29, 1.82) is 0 Å². The molecule has 0 spiro atoms. The van der Waals surface area contributed by atoms with Crippen LogP contribution in [0.2, 0.25) is 0 Å². The van der Waals surface area contributed by atoms with Crippen LogP contribution in [0.15, 0.2) is 4.79 Å². The van der Waals surface area contributed by atoms with Gasteiger partial charge in [0, 0.05) is 5.69 Å². The molecular formula is C11H14N4O5. The number of aliphatic hydroxyl groups excluding tert-OH is 3. The minimum absolute atomic E-state index is 0.207. The first kappa shape index (κ1) is 13.2. The molecule has 2 aromatic heterocycles. The Labute approximate surface area is 112 Å². The summed E-state index contributed by atoms with van der Waals surface area (Å²) in [4.78, 5) is 24.5. The van der Waals surface area contributed by atoms with Crippen molar-refractivity contribution in [2.24, 2.45) is 0 Å². The zero-order valence-corrected chi connectivity index (χ0v) is 10.6. The van der Waals surface area contributed by atoms with Crippen LogP contribution in [0, 0.1) is 6.92 Å². The van der Waals surface area contributed by atoms with E-state index in [4.69, 9.17) is 9.84 Å². The number of nitrogens with one attached hydrogen (secondary N) is 2. The molecule has 4 atom stereocenters. The Morgan fingerprint density at radius 3 is 2.65 bits per heavy atom. The molecule has 3 rings (SSSR count). The van der Waals surface area contributed by atoms with E-state index in [0.717, 1.165) is 0 Å². The lowest BCUT2D eigenvalue weighted by molar-refractivity contribution is -0.0249. The predicted molar refractivity (Wildman–Crippen MR) is 66.0 cm³/mol. The van der Waals surface area contributed by atoms with Gasteiger partial charge in [-0.05, 0) is 6.92 Å². The van der Waals surface area contributed by atoms with Crippen LogP contribution in [0.4, 0.5) is 0 Å². The van der Waals surface area contributed by atoms with Gasteiger partial charge in [-0.3, -0.25) is 0 Å². The number of hydrogen-bond acceptors (Lipinski definition) is 7. The summed E-state index contributed by atoms with van der Waals surface area (Å²) in [6.45, 7) is 1.27. The normalized spacial score (nSPS) is 30.2. The molecule has 0 bridgehead atoms. The van der Waals surface area contributed by atoms with Gasteiger partial charge in [0.05, 0.1) is 6.61 Å². The van der Waals surface area contributed by atoms with Gasteiger partial charge in [-0.15, -0.1) is 0 Å². The van der Waals surface area contributed by atoms with E-state index in [1.807, 2.05) is 0 Å². The smallest absolute Gasteiger partial charge is 0.347 e. The van der Waals surface area contributed by atoms with Crippen molar-refractivity contribution in [2.45, 2.75) is 31.3 Å². The van der Waals surface area contributed by atoms with Gasteiger partial charge in [0.15, 0.2) is 5.65 Å². The van der Waals surface area contributed by atoms with Crippen molar-refractivity contribution in [2.75, 3.05) is 6.61 Å². The van der Waals surface area contributed by atoms with Crippen LogP contribution in [-0.2, 0) is 4.74 Å². The molecule has 5 N–H and O–H groups in total. The van der Waals surface area contributed by atoms with E-state index in [9.17, 15) is 15.0 Å². The molecule has 2 aromatic rings. The number of H-pyrrole nitrogens is 2. The molecule has 9 heteroatoms. The molecule has 0 saturated carbocycles. The standard InChI is InChI=1S/C11H14N4O5/c1-3-5-9(15-11(19)12-3)14-10(13-5)8-7(18)6(17)4(2-16)20-8/h4,6-8,16-18H,2H2,1H3,(H2,12,13,14,15,19)/t4-,6-,7-,8?/m1/s1. The first-order valence-corrected chi connectivity index (χ1v) is 6.10. The molecular weight excluding hydrogens is 268 g/mol. The van der Waals surface area contributed by atoms with Gasteiger partial charge in [0.2, 0.25) is 0 Å². The van der Waals surface area contributed by atoms with Crippen LogP contribution in [-0.4, -0.2) is 60.2 Å². The number of rotatable bonds is 2. The zero-order valence-electron chi connectivity index (χ0n) is 10.6. The Morgan fingerprint density at radius 2 is 2.00 bits per heavy atom. The van der Waals surface area contributed by atoms with Crippen LogP contribution >= 0.6 is 0 Å². The Bertz CT molecular complexity index is 696. The zero-order chi connectivity index (χ0) is 14.4. The van der Waals surface area contributed by atoms with Crippen LogP contribution in [0.3, 0.4) is 0 Å². The van der Waals surface area contributed by atoms with Gasteiger partial charge < -0.3 is 30.0 Å². The highest BCUT2D eigenvalue weighted by atomic mass is 16.6. The lowest BCUT2D eigenvalue weighted by atomic mass is 10.1. The van der Waals surface area contributed by atoms with E-state index in [-0.39, 0.29) is 11.5 Å². The third-order valence-corrected chi connectivity index (χ3v) is 3.39. The second-order valence-corrected chi connectivity index (χ2v) is 4.75. The molecule has 1 fully saturated rings. The fourth-order valence-corrected chi connectivity index (χ4v) is 2.33. The molecule has 20 heavy (non-hydrogen) atoms. The highest BCUT2D eigenvalue weighted by molar-refractivity contribution is 5.72. The summed E-state index contributed by atoms with van der Waals surface area (Å²) in [7, 11) is 0. The Hall–Kier alpha value is -1.81. The minimum atomic E-state index is -1.22. The van der Waals surface area contributed by atoms with E-state index in [2.05, 4.69) is 19.9 Å². The Morgan fingerprint density at radius 1 is 1.25 bits per heavy atom. The average Bonchev–Trinajstić information content (AvgIpc) is 2.93. The Balaban J connectivity index is 2.03. The lowest BCUT2D eigenvalue weighted by Crippen LogP contribution is -2.32. The highest BCUT2D eigenvalue weighted by Gasteiger charge is 2.44. The van der Waals surface area contributed by atoms with Crippen molar-refractivity contribution in [3.05, 3.63) is 22.0 Å². The largest absolute Gasteiger partial charge is 0.394 e. The summed E-state index contributed by atoms with van der Waals surface area (Å²) in [6.07, 6.45) is -4.21. The number of aryl methyl sites for hydroxylation is 1. The van der Waals surface area contributed by atoms with Gasteiger partial charge in [-0.1, -0.05) is 0 Å². The van der Waals surface area contributed by atoms with Crippen LogP contribution in [0.25, 0.3) is 11.2 Å². The van der Waals surface area contributed by atoms with E-state index in [0.29, 0.717) is 11.2 Å². The van der Waals surface area contributed by atoms with Crippen LogP contribution in [0.1, 0.15) is 17.6 Å². The van der Waals surface area contributed by atoms with Crippen molar-refractivity contribution < 1.29 is 20.1 Å². The fourth-order valence-electron chi connectivity index (χ4n) is 2.33. The van der Waals surface area contributed by atoms with Crippen molar-refractivity contribution in [3.8, 4) is 0 Å². The highest BCUT2D eigenvalue weighted by Crippen LogP contribution is 2.32. The minimum Gasteiger partial charge on any atom is -0.394 e. The molecule has 1 aliphatic rings. The molecule has 0 amide bonds. The monoisotopic (exact) mass is 282 g/mol. The summed E-state index contributed by atoms with van der Waals surface area (Å²) in [5, 5.41) is 28.7. The number of aliphatic hydroxyl groups is 3. The molecule has 1 saturated heterocycles. The fraction of sp³-hybridized carbons (Fsp3) is 0.545. The van der Waals surface area contributed by atoms with E-state index < -0.39 is 36.7 Å².